The molecule has 1 aliphatic heterocycles. The number of aliphatic hydroxyl groups excluding tert-OH is 1. The van der Waals surface area contributed by atoms with Crippen molar-refractivity contribution in [1.82, 2.24) is 0 Å². The lowest BCUT2D eigenvalue weighted by Crippen LogP contribution is -2.32. The third kappa shape index (κ3) is 2.85. The van der Waals surface area contributed by atoms with Crippen LogP contribution in [0.5, 0.6) is 11.5 Å². The van der Waals surface area contributed by atoms with Gasteiger partial charge >= 0.3 is 0 Å². The molecule has 19 heavy (non-hydrogen) atoms. The van der Waals surface area contributed by atoms with E-state index in [4.69, 9.17) is 14.6 Å². The van der Waals surface area contributed by atoms with E-state index in [0.717, 1.165) is 10.6 Å². The van der Waals surface area contributed by atoms with Crippen molar-refractivity contribution in [3.63, 3.8) is 0 Å². The maximum absolute atomic E-state index is 9.11. The van der Waals surface area contributed by atoms with Crippen LogP contribution in [0.25, 0.3) is 0 Å². The Morgan fingerprint density at radius 3 is 2.68 bits per heavy atom. The third-order valence-electron chi connectivity index (χ3n) is 2.82. The summed E-state index contributed by atoms with van der Waals surface area (Å²) < 4.78 is 11.2. The average molecular weight is 274 g/mol. The predicted octanol–water partition coefficient (Wildman–Crippen LogP) is 2.97. The highest BCUT2D eigenvalue weighted by Crippen LogP contribution is 2.37. The molecule has 3 nitrogen and oxygen atoms in total. The Balaban J connectivity index is 1.81. The lowest BCUT2D eigenvalue weighted by Gasteiger charge is -2.25. The fourth-order valence-corrected chi connectivity index (χ4v) is 2.74. The largest absolute Gasteiger partial charge is 0.486 e. The normalized spacial score (nSPS) is 17.2. The van der Waals surface area contributed by atoms with Crippen LogP contribution in [0.1, 0.15) is 0 Å². The van der Waals surface area contributed by atoms with Crippen LogP contribution >= 0.6 is 11.8 Å². The minimum Gasteiger partial charge on any atom is -0.486 e. The standard InChI is InChI=1S/C15H14O3S/c16-9-11-10-17-14-7-6-13(8-15(14)18-11)19-12-4-2-1-3-5-12/h1-8,11,16H,9-10H2. The number of rotatable bonds is 3. The Morgan fingerprint density at radius 1 is 1.05 bits per heavy atom. The number of hydrogen-bond donors (Lipinski definition) is 1. The van der Waals surface area contributed by atoms with Gasteiger partial charge in [-0.15, -0.1) is 0 Å². The van der Waals surface area contributed by atoms with Crippen LogP contribution in [-0.4, -0.2) is 24.4 Å². The number of benzene rings is 2. The molecule has 0 saturated carbocycles. The Hall–Kier alpha value is -1.65. The zero-order chi connectivity index (χ0) is 13.1. The summed E-state index contributed by atoms with van der Waals surface area (Å²) in [5.41, 5.74) is 0. The Labute approximate surface area is 116 Å². The van der Waals surface area contributed by atoms with Gasteiger partial charge in [-0.1, -0.05) is 30.0 Å². The van der Waals surface area contributed by atoms with Crippen molar-refractivity contribution in [3.8, 4) is 11.5 Å². The van der Waals surface area contributed by atoms with E-state index < -0.39 is 0 Å². The maximum Gasteiger partial charge on any atom is 0.163 e. The number of ether oxygens (including phenoxy) is 2. The highest BCUT2D eigenvalue weighted by Gasteiger charge is 2.20. The molecule has 3 rings (SSSR count). The smallest absolute Gasteiger partial charge is 0.163 e. The maximum atomic E-state index is 9.11. The van der Waals surface area contributed by atoms with Gasteiger partial charge in [-0.3, -0.25) is 0 Å². The van der Waals surface area contributed by atoms with Crippen molar-refractivity contribution in [2.75, 3.05) is 13.2 Å². The van der Waals surface area contributed by atoms with E-state index in [2.05, 4.69) is 12.1 Å². The molecule has 0 fully saturated rings. The van der Waals surface area contributed by atoms with E-state index in [1.807, 2.05) is 36.4 Å². The zero-order valence-corrected chi connectivity index (χ0v) is 11.1. The zero-order valence-electron chi connectivity index (χ0n) is 10.3. The predicted molar refractivity (Wildman–Crippen MR) is 74.0 cm³/mol. The number of hydrogen-bond acceptors (Lipinski definition) is 4. The van der Waals surface area contributed by atoms with Gasteiger partial charge in [-0.25, -0.2) is 0 Å². The van der Waals surface area contributed by atoms with Crippen LogP contribution in [0.4, 0.5) is 0 Å². The van der Waals surface area contributed by atoms with E-state index in [-0.39, 0.29) is 12.7 Å². The third-order valence-corrected chi connectivity index (χ3v) is 3.81. The summed E-state index contributed by atoms with van der Waals surface area (Å²) in [4.78, 5) is 2.27. The summed E-state index contributed by atoms with van der Waals surface area (Å²) in [6.45, 7) is 0.365. The van der Waals surface area contributed by atoms with Crippen molar-refractivity contribution in [2.45, 2.75) is 15.9 Å². The van der Waals surface area contributed by atoms with Crippen molar-refractivity contribution in [1.29, 1.82) is 0 Å². The van der Waals surface area contributed by atoms with E-state index in [0.29, 0.717) is 12.4 Å². The van der Waals surface area contributed by atoms with Gasteiger partial charge in [0.1, 0.15) is 6.61 Å². The molecule has 4 heteroatoms. The second-order valence-electron chi connectivity index (χ2n) is 4.26. The molecule has 2 aromatic rings. The molecule has 1 unspecified atom stereocenters. The number of aliphatic hydroxyl groups is 1. The molecule has 2 aromatic carbocycles. The van der Waals surface area contributed by atoms with Crippen LogP contribution in [0.3, 0.4) is 0 Å². The molecule has 98 valence electrons. The molecular weight excluding hydrogens is 260 g/mol. The van der Waals surface area contributed by atoms with Gasteiger partial charge in [0.2, 0.25) is 0 Å². The molecule has 1 aliphatic rings. The summed E-state index contributed by atoms with van der Waals surface area (Å²) >= 11 is 1.67. The van der Waals surface area contributed by atoms with Crippen LogP contribution in [0, 0.1) is 0 Å². The quantitative estimate of drug-likeness (QED) is 0.934. The lowest BCUT2D eigenvalue weighted by atomic mass is 10.2. The van der Waals surface area contributed by atoms with Gasteiger partial charge in [0.05, 0.1) is 6.61 Å². The molecule has 0 radical (unpaired) electrons. The lowest BCUT2D eigenvalue weighted by molar-refractivity contribution is 0.0454. The fraction of sp³-hybridized carbons (Fsp3) is 0.200. The van der Waals surface area contributed by atoms with E-state index >= 15 is 0 Å². The van der Waals surface area contributed by atoms with Crippen LogP contribution < -0.4 is 9.47 Å². The van der Waals surface area contributed by atoms with E-state index in [9.17, 15) is 0 Å². The summed E-state index contributed by atoms with van der Waals surface area (Å²) in [6, 6.07) is 16.0. The molecule has 1 heterocycles. The molecule has 0 spiro atoms. The fourth-order valence-electron chi connectivity index (χ4n) is 1.87. The minimum atomic E-state index is -0.274. The van der Waals surface area contributed by atoms with Crippen LogP contribution in [-0.2, 0) is 0 Å². The van der Waals surface area contributed by atoms with Gasteiger partial charge in [-0.2, -0.15) is 0 Å². The van der Waals surface area contributed by atoms with Crippen molar-refractivity contribution < 1.29 is 14.6 Å². The summed E-state index contributed by atoms with van der Waals surface area (Å²) in [5, 5.41) is 9.11. The monoisotopic (exact) mass is 274 g/mol. The molecule has 0 aliphatic carbocycles. The first-order valence-corrected chi connectivity index (χ1v) is 6.94. The molecule has 0 aromatic heterocycles. The first-order valence-electron chi connectivity index (χ1n) is 6.12. The Bertz CT molecular complexity index is 557. The molecule has 1 atom stereocenters. The molecule has 0 bridgehead atoms. The summed E-state index contributed by atoms with van der Waals surface area (Å²) in [7, 11) is 0. The second-order valence-corrected chi connectivity index (χ2v) is 5.40. The highest BCUT2D eigenvalue weighted by molar-refractivity contribution is 7.99. The van der Waals surface area contributed by atoms with Crippen molar-refractivity contribution in [2.24, 2.45) is 0 Å². The van der Waals surface area contributed by atoms with Crippen molar-refractivity contribution in [3.05, 3.63) is 48.5 Å². The van der Waals surface area contributed by atoms with Gasteiger partial charge in [0, 0.05) is 9.79 Å². The van der Waals surface area contributed by atoms with Gasteiger partial charge in [0.15, 0.2) is 17.6 Å². The second kappa shape index (κ2) is 5.55. The minimum absolute atomic E-state index is 0.0322. The first kappa shape index (κ1) is 12.4. The summed E-state index contributed by atoms with van der Waals surface area (Å²) in [6.07, 6.45) is -0.274. The van der Waals surface area contributed by atoms with E-state index in [1.165, 1.54) is 4.90 Å². The van der Waals surface area contributed by atoms with Gasteiger partial charge in [-0.05, 0) is 30.3 Å². The molecule has 0 amide bonds. The average Bonchev–Trinajstić information content (AvgIpc) is 2.47. The Morgan fingerprint density at radius 2 is 1.89 bits per heavy atom. The van der Waals surface area contributed by atoms with Crippen molar-refractivity contribution >= 4 is 11.8 Å². The SMILES string of the molecule is OCC1COc2ccc(Sc3ccccc3)cc2O1. The topological polar surface area (TPSA) is 38.7 Å². The van der Waals surface area contributed by atoms with Crippen LogP contribution in [0.2, 0.25) is 0 Å². The van der Waals surface area contributed by atoms with Gasteiger partial charge in [0.25, 0.3) is 0 Å². The Kier molecular flexibility index (Phi) is 3.62. The first-order chi connectivity index (χ1) is 9.35. The van der Waals surface area contributed by atoms with E-state index in [1.54, 1.807) is 11.8 Å². The summed E-state index contributed by atoms with van der Waals surface area (Å²) in [5.74, 6) is 1.44. The number of fused-ring (bicyclic) bond motifs is 1. The van der Waals surface area contributed by atoms with Gasteiger partial charge < -0.3 is 14.6 Å². The molecular formula is C15H14O3S. The highest BCUT2D eigenvalue weighted by atomic mass is 32.2. The molecule has 1 N–H and O–H groups in total. The van der Waals surface area contributed by atoms with Crippen LogP contribution in [0.15, 0.2) is 58.3 Å². The molecule has 0 saturated heterocycles.